The molecule has 0 aliphatic carbocycles. The van der Waals surface area contributed by atoms with Crippen molar-refractivity contribution in [2.45, 2.75) is 13.0 Å². The number of carbonyl (C=O) groups excluding carboxylic acids is 2. The van der Waals surface area contributed by atoms with E-state index >= 15 is 0 Å². The van der Waals surface area contributed by atoms with Gasteiger partial charge in [-0.3, -0.25) is 9.59 Å². The maximum atomic E-state index is 11.9. The van der Waals surface area contributed by atoms with Gasteiger partial charge in [0.15, 0.2) is 11.5 Å². The van der Waals surface area contributed by atoms with Crippen molar-refractivity contribution >= 4 is 17.5 Å². The van der Waals surface area contributed by atoms with Crippen LogP contribution in [-0.4, -0.2) is 25.0 Å². The zero-order chi connectivity index (χ0) is 16.1. The Hall–Kier alpha value is -2.96. The fourth-order valence-corrected chi connectivity index (χ4v) is 2.13. The first-order chi connectivity index (χ1) is 11.2. The Kier molecular flexibility index (Phi) is 4.46. The normalized spacial score (nSPS) is 12.5. The Balaban J connectivity index is 1.49. The Labute approximate surface area is 132 Å². The van der Waals surface area contributed by atoms with Gasteiger partial charge >= 0.3 is 0 Å². The molecular formula is C16H16N2O5. The largest absolute Gasteiger partial charge is 0.486 e. The van der Waals surface area contributed by atoms with Gasteiger partial charge in [-0.05, 0) is 24.3 Å². The number of ether oxygens (including phenoxy) is 2. The van der Waals surface area contributed by atoms with E-state index in [-0.39, 0.29) is 18.9 Å². The molecule has 120 valence electrons. The quantitative estimate of drug-likeness (QED) is 0.819. The number of benzene rings is 1. The maximum Gasteiger partial charge on any atom is 0.233 e. The van der Waals surface area contributed by atoms with Gasteiger partial charge in [0, 0.05) is 11.8 Å². The second-order valence-electron chi connectivity index (χ2n) is 4.94. The van der Waals surface area contributed by atoms with E-state index in [1.807, 2.05) is 0 Å². The van der Waals surface area contributed by atoms with E-state index in [1.54, 1.807) is 30.3 Å². The van der Waals surface area contributed by atoms with Crippen molar-refractivity contribution < 1.29 is 23.5 Å². The van der Waals surface area contributed by atoms with Crippen LogP contribution in [0.1, 0.15) is 12.2 Å². The molecule has 0 saturated heterocycles. The molecule has 1 aromatic carbocycles. The lowest BCUT2D eigenvalue weighted by molar-refractivity contribution is -0.127. The number of rotatable bonds is 5. The van der Waals surface area contributed by atoms with Gasteiger partial charge in [-0.2, -0.15) is 0 Å². The predicted octanol–water partition coefficient (Wildman–Crippen LogP) is 1.70. The van der Waals surface area contributed by atoms with Crippen molar-refractivity contribution in [2.75, 3.05) is 18.5 Å². The molecule has 0 unspecified atom stereocenters. The molecule has 7 nitrogen and oxygen atoms in total. The van der Waals surface area contributed by atoms with Crippen molar-refractivity contribution in [3.05, 3.63) is 42.4 Å². The zero-order valence-corrected chi connectivity index (χ0v) is 12.3. The van der Waals surface area contributed by atoms with Crippen LogP contribution in [-0.2, 0) is 16.1 Å². The van der Waals surface area contributed by atoms with Crippen LogP contribution in [0.2, 0.25) is 0 Å². The first kappa shape index (κ1) is 15.0. The number of fused-ring (bicyclic) bond motifs is 1. The molecule has 0 fully saturated rings. The van der Waals surface area contributed by atoms with Gasteiger partial charge in [-0.1, -0.05) is 0 Å². The number of hydrogen-bond acceptors (Lipinski definition) is 5. The lowest BCUT2D eigenvalue weighted by Crippen LogP contribution is -2.27. The number of furan rings is 1. The van der Waals surface area contributed by atoms with Gasteiger partial charge in [-0.25, -0.2) is 0 Å². The molecule has 0 atom stereocenters. The van der Waals surface area contributed by atoms with Crippen LogP contribution in [0.15, 0.2) is 41.0 Å². The fourth-order valence-electron chi connectivity index (χ4n) is 2.13. The van der Waals surface area contributed by atoms with Crippen molar-refractivity contribution in [3.8, 4) is 11.5 Å². The van der Waals surface area contributed by atoms with Gasteiger partial charge in [0.2, 0.25) is 11.8 Å². The molecule has 1 aliphatic rings. The maximum absolute atomic E-state index is 11.9. The monoisotopic (exact) mass is 316 g/mol. The smallest absolute Gasteiger partial charge is 0.233 e. The molecule has 1 aliphatic heterocycles. The molecular weight excluding hydrogens is 300 g/mol. The summed E-state index contributed by atoms with van der Waals surface area (Å²) in [5.41, 5.74) is 0.554. The number of carbonyl (C=O) groups is 2. The van der Waals surface area contributed by atoms with Crippen LogP contribution in [0, 0.1) is 0 Å². The Morgan fingerprint density at radius 1 is 1.04 bits per heavy atom. The van der Waals surface area contributed by atoms with E-state index in [0.717, 1.165) is 0 Å². The Bertz CT molecular complexity index is 697. The minimum absolute atomic E-state index is 0.253. The average molecular weight is 316 g/mol. The van der Waals surface area contributed by atoms with Gasteiger partial charge in [-0.15, -0.1) is 0 Å². The molecule has 0 radical (unpaired) electrons. The van der Waals surface area contributed by atoms with E-state index in [4.69, 9.17) is 13.9 Å². The summed E-state index contributed by atoms with van der Waals surface area (Å²) < 4.78 is 15.9. The summed E-state index contributed by atoms with van der Waals surface area (Å²) in [5.74, 6) is 1.07. The second kappa shape index (κ2) is 6.87. The van der Waals surface area contributed by atoms with Crippen LogP contribution in [0.25, 0.3) is 0 Å². The van der Waals surface area contributed by atoms with Gasteiger partial charge in [0.05, 0.1) is 12.8 Å². The van der Waals surface area contributed by atoms with Crippen LogP contribution < -0.4 is 20.1 Å². The lowest BCUT2D eigenvalue weighted by atomic mass is 10.2. The molecule has 3 rings (SSSR count). The summed E-state index contributed by atoms with van der Waals surface area (Å²) >= 11 is 0. The second-order valence-corrected chi connectivity index (χ2v) is 4.94. The van der Waals surface area contributed by atoms with Crippen LogP contribution in [0.4, 0.5) is 5.69 Å². The predicted molar refractivity (Wildman–Crippen MR) is 81.2 cm³/mol. The van der Waals surface area contributed by atoms with Gasteiger partial charge < -0.3 is 24.5 Å². The third-order valence-corrected chi connectivity index (χ3v) is 3.19. The minimum Gasteiger partial charge on any atom is -0.486 e. The third-order valence-electron chi connectivity index (χ3n) is 3.19. The Morgan fingerprint density at radius 3 is 2.65 bits per heavy atom. The average Bonchev–Trinajstić information content (AvgIpc) is 3.06. The molecule has 0 bridgehead atoms. The highest BCUT2D eigenvalue weighted by Gasteiger charge is 2.14. The molecule has 2 aromatic rings. The van der Waals surface area contributed by atoms with Crippen LogP contribution in [0.5, 0.6) is 11.5 Å². The molecule has 2 amide bonds. The highest BCUT2D eigenvalue weighted by Crippen LogP contribution is 2.32. The van der Waals surface area contributed by atoms with E-state index in [2.05, 4.69) is 10.6 Å². The first-order valence-electron chi connectivity index (χ1n) is 7.19. The summed E-state index contributed by atoms with van der Waals surface area (Å²) in [4.78, 5) is 23.6. The van der Waals surface area contributed by atoms with E-state index < -0.39 is 5.91 Å². The van der Waals surface area contributed by atoms with Crippen molar-refractivity contribution in [2.24, 2.45) is 0 Å². The number of amides is 2. The summed E-state index contributed by atoms with van der Waals surface area (Å²) in [6.45, 7) is 1.23. The first-order valence-corrected chi connectivity index (χ1v) is 7.19. The van der Waals surface area contributed by atoms with Crippen LogP contribution in [0.3, 0.4) is 0 Å². The third kappa shape index (κ3) is 4.03. The zero-order valence-electron chi connectivity index (χ0n) is 12.3. The topological polar surface area (TPSA) is 89.8 Å². The minimum atomic E-state index is -0.404. The molecule has 2 N–H and O–H groups in total. The van der Waals surface area contributed by atoms with Gasteiger partial charge in [0.1, 0.15) is 25.4 Å². The summed E-state index contributed by atoms with van der Waals surface area (Å²) in [6.07, 6.45) is 1.26. The standard InChI is InChI=1S/C16H16N2O5/c19-15(17-10-12-2-1-5-21-12)9-16(20)18-11-3-4-13-14(8-11)23-7-6-22-13/h1-5,8H,6-7,9-10H2,(H,17,19)(H,18,20). The van der Waals surface area contributed by atoms with E-state index in [0.29, 0.717) is 36.2 Å². The van der Waals surface area contributed by atoms with Gasteiger partial charge in [0.25, 0.3) is 0 Å². The number of nitrogens with one attached hydrogen (secondary N) is 2. The van der Waals surface area contributed by atoms with Crippen molar-refractivity contribution in [1.82, 2.24) is 5.32 Å². The fraction of sp³-hybridized carbons (Fsp3) is 0.250. The highest BCUT2D eigenvalue weighted by atomic mass is 16.6. The summed E-state index contributed by atoms with van der Waals surface area (Å²) in [6, 6.07) is 8.58. The molecule has 1 aromatic heterocycles. The molecule has 0 saturated carbocycles. The number of hydrogen-bond donors (Lipinski definition) is 2. The highest BCUT2D eigenvalue weighted by molar-refractivity contribution is 6.03. The molecule has 2 heterocycles. The Morgan fingerprint density at radius 2 is 1.87 bits per heavy atom. The molecule has 7 heteroatoms. The van der Waals surface area contributed by atoms with E-state index in [9.17, 15) is 9.59 Å². The lowest BCUT2D eigenvalue weighted by Gasteiger charge is -2.18. The van der Waals surface area contributed by atoms with Crippen LogP contribution >= 0.6 is 0 Å². The van der Waals surface area contributed by atoms with Crippen molar-refractivity contribution in [3.63, 3.8) is 0 Å². The number of anilines is 1. The summed E-state index contributed by atoms with van der Waals surface area (Å²) in [7, 11) is 0. The van der Waals surface area contributed by atoms with E-state index in [1.165, 1.54) is 6.26 Å². The molecule has 0 spiro atoms. The summed E-state index contributed by atoms with van der Waals surface area (Å²) in [5, 5.41) is 5.27. The molecule has 23 heavy (non-hydrogen) atoms. The van der Waals surface area contributed by atoms with Crippen molar-refractivity contribution in [1.29, 1.82) is 0 Å². The SMILES string of the molecule is O=C(CC(=O)Nc1ccc2c(c1)OCCO2)NCc1ccco1.